The Balaban J connectivity index is 2.57. The summed E-state index contributed by atoms with van der Waals surface area (Å²) in [6.45, 7) is 0. The molecule has 0 aromatic heterocycles. The molecule has 1 atom stereocenters. The molecule has 1 aromatic carbocycles. The zero-order valence-corrected chi connectivity index (χ0v) is 7.82. The van der Waals surface area contributed by atoms with Crippen LogP contribution in [-0.4, -0.2) is 24.3 Å². The van der Waals surface area contributed by atoms with E-state index >= 15 is 0 Å². The topological polar surface area (TPSA) is 73.4 Å². The Bertz CT molecular complexity index is 285. The van der Waals surface area contributed by atoms with Crippen molar-refractivity contribution in [1.82, 2.24) is 10.8 Å². The zero-order valence-electron chi connectivity index (χ0n) is 7.82. The van der Waals surface area contributed by atoms with Crippen molar-refractivity contribution >= 4 is 11.6 Å². The molecule has 0 fully saturated rings. The van der Waals surface area contributed by atoms with Crippen molar-refractivity contribution in [2.45, 2.75) is 6.17 Å². The maximum absolute atomic E-state index is 11.4. The highest BCUT2D eigenvalue weighted by atomic mass is 16.5. The molecule has 0 saturated carbocycles. The smallest absolute Gasteiger partial charge is 0.258 e. The summed E-state index contributed by atoms with van der Waals surface area (Å²) in [5.74, 6) is -0.346. The third kappa shape index (κ3) is 2.81. The van der Waals surface area contributed by atoms with Crippen molar-refractivity contribution < 1.29 is 10.0 Å². The van der Waals surface area contributed by atoms with Gasteiger partial charge in [-0.1, -0.05) is 18.2 Å². The number of likely N-dealkylation sites (N-methyl/N-ethyl adjacent to an activating group) is 1. The number of anilines is 1. The number of para-hydroxylation sites is 1. The third-order valence-corrected chi connectivity index (χ3v) is 1.72. The first kappa shape index (κ1) is 10.6. The van der Waals surface area contributed by atoms with Gasteiger partial charge < -0.3 is 10.5 Å². The first-order chi connectivity index (χ1) is 6.77. The van der Waals surface area contributed by atoms with E-state index < -0.39 is 6.17 Å². The lowest BCUT2D eigenvalue weighted by atomic mass is 10.3. The van der Waals surface area contributed by atoms with Gasteiger partial charge in [-0.2, -0.15) is 5.48 Å². The molecule has 1 unspecified atom stereocenters. The molecular formula is C9H13N3O2. The predicted molar refractivity (Wildman–Crippen MR) is 52.8 cm³/mol. The fourth-order valence-electron chi connectivity index (χ4n) is 0.990. The Morgan fingerprint density at radius 2 is 2.00 bits per heavy atom. The molecule has 1 aromatic rings. The molecule has 5 heteroatoms. The second-order valence-corrected chi connectivity index (χ2v) is 2.71. The Morgan fingerprint density at radius 1 is 1.36 bits per heavy atom. The summed E-state index contributed by atoms with van der Waals surface area (Å²) in [5, 5.41) is 13.8. The lowest BCUT2D eigenvalue weighted by molar-refractivity contribution is -0.121. The quantitative estimate of drug-likeness (QED) is 0.407. The number of benzene rings is 1. The van der Waals surface area contributed by atoms with Gasteiger partial charge in [0.25, 0.3) is 5.91 Å². The molecule has 0 aliphatic rings. The van der Waals surface area contributed by atoms with Crippen LogP contribution >= 0.6 is 0 Å². The number of hydrogen-bond donors (Lipinski definition) is 4. The van der Waals surface area contributed by atoms with Crippen LogP contribution in [0.25, 0.3) is 0 Å². The maximum Gasteiger partial charge on any atom is 0.258 e. The summed E-state index contributed by atoms with van der Waals surface area (Å²) in [5.41, 5.74) is 2.54. The molecule has 1 rings (SSSR count). The summed E-state index contributed by atoms with van der Waals surface area (Å²) in [6.07, 6.45) is -0.810. The van der Waals surface area contributed by atoms with Gasteiger partial charge in [0, 0.05) is 5.69 Å². The summed E-state index contributed by atoms with van der Waals surface area (Å²) >= 11 is 0. The number of hydroxylamine groups is 1. The fraction of sp³-hybridized carbons (Fsp3) is 0.222. The van der Waals surface area contributed by atoms with Crippen molar-refractivity contribution in [2.24, 2.45) is 0 Å². The molecule has 5 nitrogen and oxygen atoms in total. The van der Waals surface area contributed by atoms with Gasteiger partial charge in [-0.25, -0.2) is 0 Å². The minimum Gasteiger partial charge on any atom is -0.323 e. The van der Waals surface area contributed by atoms with E-state index in [1.54, 1.807) is 19.2 Å². The Labute approximate surface area is 82.1 Å². The molecule has 0 radical (unpaired) electrons. The largest absolute Gasteiger partial charge is 0.323 e. The molecule has 0 saturated heterocycles. The van der Waals surface area contributed by atoms with Crippen LogP contribution in [0.4, 0.5) is 5.69 Å². The SMILES string of the molecule is CNC(NO)C(=O)Nc1ccccc1. The second-order valence-electron chi connectivity index (χ2n) is 2.71. The summed E-state index contributed by atoms with van der Waals surface area (Å²) in [4.78, 5) is 11.4. The summed E-state index contributed by atoms with van der Waals surface area (Å²) < 4.78 is 0. The van der Waals surface area contributed by atoms with Crippen LogP contribution < -0.4 is 16.1 Å². The van der Waals surface area contributed by atoms with Crippen molar-refractivity contribution in [3.63, 3.8) is 0 Å². The fourth-order valence-corrected chi connectivity index (χ4v) is 0.990. The number of nitrogens with one attached hydrogen (secondary N) is 3. The highest BCUT2D eigenvalue weighted by molar-refractivity contribution is 5.94. The monoisotopic (exact) mass is 195 g/mol. The highest BCUT2D eigenvalue weighted by Crippen LogP contribution is 2.04. The molecule has 14 heavy (non-hydrogen) atoms. The van der Waals surface area contributed by atoms with Gasteiger partial charge >= 0.3 is 0 Å². The molecule has 76 valence electrons. The van der Waals surface area contributed by atoms with Crippen molar-refractivity contribution in [3.05, 3.63) is 30.3 Å². The van der Waals surface area contributed by atoms with E-state index in [0.29, 0.717) is 5.69 Å². The lowest BCUT2D eigenvalue weighted by Gasteiger charge is -2.13. The molecular weight excluding hydrogens is 182 g/mol. The van der Waals surface area contributed by atoms with Crippen LogP contribution in [0.15, 0.2) is 30.3 Å². The number of amides is 1. The van der Waals surface area contributed by atoms with Crippen LogP contribution in [0.5, 0.6) is 0 Å². The predicted octanol–water partition coefficient (Wildman–Crippen LogP) is 0.149. The van der Waals surface area contributed by atoms with Crippen molar-refractivity contribution in [1.29, 1.82) is 0 Å². The van der Waals surface area contributed by atoms with Crippen LogP contribution in [0.1, 0.15) is 0 Å². The average Bonchev–Trinajstić information content (AvgIpc) is 2.21. The van der Waals surface area contributed by atoms with Gasteiger partial charge in [-0.15, -0.1) is 0 Å². The normalized spacial score (nSPS) is 12.1. The lowest BCUT2D eigenvalue weighted by Crippen LogP contribution is -2.47. The van der Waals surface area contributed by atoms with E-state index in [9.17, 15) is 4.79 Å². The van der Waals surface area contributed by atoms with E-state index in [-0.39, 0.29) is 5.91 Å². The first-order valence-electron chi connectivity index (χ1n) is 4.20. The van der Waals surface area contributed by atoms with Gasteiger partial charge in [-0.05, 0) is 19.2 Å². The summed E-state index contributed by atoms with van der Waals surface area (Å²) in [7, 11) is 1.57. The standard InChI is InChI=1S/C9H13N3O2/c1-10-8(12-14)9(13)11-7-5-3-2-4-6-7/h2-6,8,10,12,14H,1H3,(H,11,13). The zero-order chi connectivity index (χ0) is 10.4. The number of carbonyl (C=O) groups is 1. The van der Waals surface area contributed by atoms with Gasteiger partial charge in [0.1, 0.15) is 0 Å². The van der Waals surface area contributed by atoms with Crippen molar-refractivity contribution in [3.8, 4) is 0 Å². The Kier molecular flexibility index (Phi) is 4.06. The van der Waals surface area contributed by atoms with Gasteiger partial charge in [0.2, 0.25) is 0 Å². The first-order valence-corrected chi connectivity index (χ1v) is 4.20. The second kappa shape index (κ2) is 5.33. The molecule has 0 bridgehead atoms. The summed E-state index contributed by atoms with van der Waals surface area (Å²) in [6, 6.07) is 9.02. The van der Waals surface area contributed by atoms with E-state index in [4.69, 9.17) is 5.21 Å². The molecule has 0 aliphatic heterocycles. The molecule has 0 aliphatic carbocycles. The third-order valence-electron chi connectivity index (χ3n) is 1.72. The molecule has 0 spiro atoms. The van der Waals surface area contributed by atoms with Crippen LogP contribution in [0, 0.1) is 0 Å². The maximum atomic E-state index is 11.4. The van der Waals surface area contributed by atoms with Gasteiger partial charge in [-0.3, -0.25) is 10.1 Å². The van der Waals surface area contributed by atoms with Gasteiger partial charge in [0.05, 0.1) is 0 Å². The average molecular weight is 195 g/mol. The van der Waals surface area contributed by atoms with E-state index in [0.717, 1.165) is 0 Å². The van der Waals surface area contributed by atoms with E-state index in [2.05, 4.69) is 10.6 Å². The minimum atomic E-state index is -0.810. The Morgan fingerprint density at radius 3 is 2.50 bits per heavy atom. The van der Waals surface area contributed by atoms with E-state index in [1.807, 2.05) is 23.7 Å². The van der Waals surface area contributed by atoms with Crippen molar-refractivity contribution in [2.75, 3.05) is 12.4 Å². The van der Waals surface area contributed by atoms with E-state index in [1.165, 1.54) is 0 Å². The van der Waals surface area contributed by atoms with Crippen LogP contribution in [0.2, 0.25) is 0 Å². The van der Waals surface area contributed by atoms with Crippen LogP contribution in [0.3, 0.4) is 0 Å². The van der Waals surface area contributed by atoms with Crippen LogP contribution in [-0.2, 0) is 4.79 Å². The number of hydrogen-bond acceptors (Lipinski definition) is 4. The molecule has 4 N–H and O–H groups in total. The minimum absolute atomic E-state index is 0.346. The Hall–Kier alpha value is -1.43. The van der Waals surface area contributed by atoms with Gasteiger partial charge in [0.15, 0.2) is 6.17 Å². The molecule has 1 amide bonds. The molecule has 0 heterocycles. The highest BCUT2D eigenvalue weighted by Gasteiger charge is 2.14. The number of rotatable bonds is 4. The number of carbonyl (C=O) groups excluding carboxylic acids is 1.